The molecule has 0 aromatic heterocycles. The molecule has 3 heteroatoms. The highest BCUT2D eigenvalue weighted by molar-refractivity contribution is 5.19. The van der Waals surface area contributed by atoms with Crippen LogP contribution < -0.4 is 10.6 Å². The molecule has 1 aliphatic rings. The van der Waals surface area contributed by atoms with Gasteiger partial charge in [0.1, 0.15) is 0 Å². The Balaban J connectivity index is 1.80. The van der Waals surface area contributed by atoms with Crippen LogP contribution in [0.15, 0.2) is 30.3 Å². The molecular weight excluding hydrogens is 234 g/mol. The molecule has 0 radical (unpaired) electrons. The molecule has 0 saturated carbocycles. The molecule has 106 valence electrons. The number of benzene rings is 1. The van der Waals surface area contributed by atoms with E-state index in [2.05, 4.69) is 60.0 Å². The summed E-state index contributed by atoms with van der Waals surface area (Å²) < 4.78 is 0. The van der Waals surface area contributed by atoms with Gasteiger partial charge in [0.2, 0.25) is 0 Å². The van der Waals surface area contributed by atoms with Crippen molar-refractivity contribution in [2.45, 2.75) is 18.9 Å². The third-order valence-electron chi connectivity index (χ3n) is 3.98. The zero-order valence-electron chi connectivity index (χ0n) is 12.2. The summed E-state index contributed by atoms with van der Waals surface area (Å²) in [7, 11) is 4.31. The highest BCUT2D eigenvalue weighted by atomic mass is 15.1. The van der Waals surface area contributed by atoms with Gasteiger partial charge in [-0.15, -0.1) is 0 Å². The third kappa shape index (κ3) is 4.60. The van der Waals surface area contributed by atoms with Crippen LogP contribution in [-0.4, -0.2) is 45.2 Å². The topological polar surface area (TPSA) is 27.3 Å². The monoisotopic (exact) mass is 261 g/mol. The number of nitrogens with one attached hydrogen (secondary N) is 2. The standard InChI is InChI=1S/C16H27N3/c1-19(2)16(15-8-4-3-5-9-15)13-18-12-14-7-6-10-17-11-14/h3-5,8-9,14,16-18H,6-7,10-13H2,1-2H3. The summed E-state index contributed by atoms with van der Waals surface area (Å²) >= 11 is 0. The zero-order chi connectivity index (χ0) is 13.5. The lowest BCUT2D eigenvalue weighted by molar-refractivity contribution is 0.276. The van der Waals surface area contributed by atoms with Gasteiger partial charge >= 0.3 is 0 Å². The van der Waals surface area contributed by atoms with Gasteiger partial charge < -0.3 is 15.5 Å². The molecule has 0 spiro atoms. The van der Waals surface area contributed by atoms with Crippen LogP contribution in [0.2, 0.25) is 0 Å². The molecule has 2 unspecified atom stereocenters. The first-order valence-electron chi connectivity index (χ1n) is 7.40. The molecule has 0 bridgehead atoms. The molecule has 2 atom stereocenters. The second-order valence-electron chi connectivity index (χ2n) is 5.76. The maximum atomic E-state index is 3.65. The van der Waals surface area contributed by atoms with Crippen LogP contribution in [0.5, 0.6) is 0 Å². The smallest absolute Gasteiger partial charge is 0.0466 e. The van der Waals surface area contributed by atoms with Gasteiger partial charge in [0.15, 0.2) is 0 Å². The Hall–Kier alpha value is -0.900. The normalized spacial score (nSPS) is 21.5. The van der Waals surface area contributed by atoms with Crippen molar-refractivity contribution in [2.24, 2.45) is 5.92 Å². The Morgan fingerprint density at radius 3 is 2.74 bits per heavy atom. The van der Waals surface area contributed by atoms with Crippen LogP contribution in [0.3, 0.4) is 0 Å². The van der Waals surface area contributed by atoms with E-state index in [1.54, 1.807) is 0 Å². The Morgan fingerprint density at radius 2 is 2.11 bits per heavy atom. The Morgan fingerprint density at radius 1 is 1.32 bits per heavy atom. The molecule has 1 fully saturated rings. The predicted molar refractivity (Wildman–Crippen MR) is 81.3 cm³/mol. The minimum Gasteiger partial charge on any atom is -0.316 e. The molecule has 1 saturated heterocycles. The number of likely N-dealkylation sites (N-methyl/N-ethyl adjacent to an activating group) is 1. The van der Waals surface area contributed by atoms with Gasteiger partial charge in [-0.3, -0.25) is 0 Å². The number of hydrogen-bond acceptors (Lipinski definition) is 3. The molecule has 2 N–H and O–H groups in total. The van der Waals surface area contributed by atoms with Gasteiger partial charge in [0.05, 0.1) is 0 Å². The summed E-state index contributed by atoms with van der Waals surface area (Å²) in [5, 5.41) is 7.13. The van der Waals surface area contributed by atoms with Crippen LogP contribution >= 0.6 is 0 Å². The van der Waals surface area contributed by atoms with Crippen molar-refractivity contribution in [1.29, 1.82) is 0 Å². The summed E-state index contributed by atoms with van der Waals surface area (Å²) in [5.41, 5.74) is 1.39. The first kappa shape index (κ1) is 14.5. The molecule has 0 aliphatic carbocycles. The second kappa shape index (κ2) is 7.63. The van der Waals surface area contributed by atoms with Crippen LogP contribution in [0, 0.1) is 5.92 Å². The van der Waals surface area contributed by atoms with Crippen LogP contribution in [-0.2, 0) is 0 Å². The van der Waals surface area contributed by atoms with Crippen molar-refractivity contribution in [3.63, 3.8) is 0 Å². The van der Waals surface area contributed by atoms with E-state index in [0.29, 0.717) is 6.04 Å². The van der Waals surface area contributed by atoms with E-state index in [0.717, 1.165) is 19.0 Å². The van der Waals surface area contributed by atoms with Crippen molar-refractivity contribution in [2.75, 3.05) is 40.3 Å². The highest BCUT2D eigenvalue weighted by Gasteiger charge is 2.16. The average Bonchev–Trinajstić information content (AvgIpc) is 2.45. The van der Waals surface area contributed by atoms with Gasteiger partial charge in [-0.05, 0) is 58.1 Å². The van der Waals surface area contributed by atoms with Crippen LogP contribution in [0.1, 0.15) is 24.4 Å². The molecular formula is C16H27N3. The maximum absolute atomic E-state index is 3.65. The molecule has 0 amide bonds. The molecule has 19 heavy (non-hydrogen) atoms. The summed E-state index contributed by atoms with van der Waals surface area (Å²) in [6, 6.07) is 11.2. The van der Waals surface area contributed by atoms with E-state index >= 15 is 0 Å². The highest BCUT2D eigenvalue weighted by Crippen LogP contribution is 2.17. The number of rotatable bonds is 6. The number of piperidine rings is 1. The summed E-state index contributed by atoms with van der Waals surface area (Å²) in [4.78, 5) is 2.29. The SMILES string of the molecule is CN(C)C(CNCC1CCCNC1)c1ccccc1. The Kier molecular flexibility index (Phi) is 5.83. The summed E-state index contributed by atoms with van der Waals surface area (Å²) in [6.45, 7) is 4.52. The fourth-order valence-corrected chi connectivity index (χ4v) is 2.80. The number of hydrogen-bond donors (Lipinski definition) is 2. The van der Waals surface area contributed by atoms with Gasteiger partial charge in [0.25, 0.3) is 0 Å². The lowest BCUT2D eigenvalue weighted by atomic mass is 9.99. The minimum absolute atomic E-state index is 0.456. The van der Waals surface area contributed by atoms with Crippen molar-refractivity contribution >= 4 is 0 Å². The zero-order valence-corrected chi connectivity index (χ0v) is 12.2. The average molecular weight is 261 g/mol. The number of nitrogens with zero attached hydrogens (tertiary/aromatic N) is 1. The van der Waals surface area contributed by atoms with E-state index in [1.807, 2.05) is 0 Å². The molecule has 1 heterocycles. The summed E-state index contributed by atoms with van der Waals surface area (Å²) in [5.74, 6) is 0.798. The van der Waals surface area contributed by atoms with Crippen molar-refractivity contribution in [3.05, 3.63) is 35.9 Å². The third-order valence-corrected chi connectivity index (χ3v) is 3.98. The van der Waals surface area contributed by atoms with Crippen molar-refractivity contribution < 1.29 is 0 Å². The van der Waals surface area contributed by atoms with Crippen molar-refractivity contribution in [1.82, 2.24) is 15.5 Å². The van der Waals surface area contributed by atoms with Gasteiger partial charge in [-0.25, -0.2) is 0 Å². The van der Waals surface area contributed by atoms with Gasteiger partial charge in [-0.2, -0.15) is 0 Å². The largest absolute Gasteiger partial charge is 0.316 e. The van der Waals surface area contributed by atoms with E-state index in [9.17, 15) is 0 Å². The lowest BCUT2D eigenvalue weighted by Gasteiger charge is -2.27. The van der Waals surface area contributed by atoms with E-state index < -0.39 is 0 Å². The summed E-state index contributed by atoms with van der Waals surface area (Å²) in [6.07, 6.45) is 2.68. The molecule has 3 nitrogen and oxygen atoms in total. The van der Waals surface area contributed by atoms with Crippen LogP contribution in [0.25, 0.3) is 0 Å². The van der Waals surface area contributed by atoms with E-state index in [-0.39, 0.29) is 0 Å². The molecule has 1 aromatic carbocycles. The fourth-order valence-electron chi connectivity index (χ4n) is 2.80. The lowest BCUT2D eigenvalue weighted by Crippen LogP contribution is -2.38. The first-order valence-corrected chi connectivity index (χ1v) is 7.40. The molecule has 1 aromatic rings. The quantitative estimate of drug-likeness (QED) is 0.819. The molecule has 1 aliphatic heterocycles. The first-order chi connectivity index (χ1) is 9.27. The predicted octanol–water partition coefficient (Wildman–Crippen LogP) is 1.88. The Bertz CT molecular complexity index is 344. The van der Waals surface area contributed by atoms with E-state index in [1.165, 1.54) is 31.5 Å². The van der Waals surface area contributed by atoms with Crippen molar-refractivity contribution in [3.8, 4) is 0 Å². The van der Waals surface area contributed by atoms with Crippen LogP contribution in [0.4, 0.5) is 0 Å². The van der Waals surface area contributed by atoms with Gasteiger partial charge in [0, 0.05) is 12.6 Å². The minimum atomic E-state index is 0.456. The Labute approximate surface area is 117 Å². The van der Waals surface area contributed by atoms with Gasteiger partial charge in [-0.1, -0.05) is 30.3 Å². The second-order valence-corrected chi connectivity index (χ2v) is 5.76. The maximum Gasteiger partial charge on any atom is 0.0466 e. The molecule has 2 rings (SSSR count). The fraction of sp³-hybridized carbons (Fsp3) is 0.625. The van der Waals surface area contributed by atoms with E-state index in [4.69, 9.17) is 0 Å².